The molecule has 1 aliphatic rings. The highest BCUT2D eigenvalue weighted by atomic mass is 32.2. The third-order valence-corrected chi connectivity index (χ3v) is 3.64. The highest BCUT2D eigenvalue weighted by Gasteiger charge is 2.24. The molecule has 1 amide bonds. The van der Waals surface area contributed by atoms with Crippen LogP contribution in [0.4, 0.5) is 5.69 Å². The monoisotopic (exact) mass is 251 g/mol. The molecule has 4 nitrogen and oxygen atoms in total. The van der Waals surface area contributed by atoms with E-state index in [4.69, 9.17) is 5.11 Å². The van der Waals surface area contributed by atoms with E-state index in [0.29, 0.717) is 12.3 Å². The van der Waals surface area contributed by atoms with Gasteiger partial charge in [-0.1, -0.05) is 6.92 Å². The molecule has 0 aromatic heterocycles. The van der Waals surface area contributed by atoms with Crippen LogP contribution in [-0.2, 0) is 4.79 Å². The van der Waals surface area contributed by atoms with Crippen molar-refractivity contribution in [2.24, 2.45) is 0 Å². The molecule has 0 atom stereocenters. The van der Waals surface area contributed by atoms with Crippen molar-refractivity contribution in [2.45, 2.75) is 18.2 Å². The number of carbonyl (C=O) groups excluding carboxylic acids is 1. The highest BCUT2D eigenvalue weighted by molar-refractivity contribution is 8.00. The van der Waals surface area contributed by atoms with Crippen LogP contribution in [0.5, 0.6) is 0 Å². The molecule has 1 aromatic carbocycles. The normalized spacial score (nSPS) is 14.6. The number of hydrogen-bond acceptors (Lipinski definition) is 3. The minimum atomic E-state index is -0.965. The van der Waals surface area contributed by atoms with E-state index < -0.39 is 5.97 Å². The molecule has 0 bridgehead atoms. The number of rotatable bonds is 3. The zero-order valence-electron chi connectivity index (χ0n) is 9.47. The minimum Gasteiger partial charge on any atom is -0.478 e. The number of benzene rings is 1. The molecule has 0 radical (unpaired) electrons. The van der Waals surface area contributed by atoms with Crippen LogP contribution in [0.3, 0.4) is 0 Å². The molecule has 0 aliphatic carbocycles. The number of anilines is 1. The lowest BCUT2D eigenvalue weighted by molar-refractivity contribution is -0.116. The van der Waals surface area contributed by atoms with Gasteiger partial charge < -0.3 is 10.0 Å². The Bertz CT molecular complexity index is 473. The first kappa shape index (κ1) is 12.0. The van der Waals surface area contributed by atoms with Crippen LogP contribution in [-0.4, -0.2) is 29.3 Å². The maximum absolute atomic E-state index is 11.8. The summed E-state index contributed by atoms with van der Waals surface area (Å²) >= 11 is 1.46. The standard InChI is InChI=1S/C12H13NO3S/c1-2-5-13-9-6-8(12(15)16)3-4-10(9)17-7-11(13)14/h3-4,6H,2,5,7H2,1H3,(H,15,16). The Morgan fingerprint density at radius 3 is 2.94 bits per heavy atom. The summed E-state index contributed by atoms with van der Waals surface area (Å²) in [5, 5.41) is 8.96. The van der Waals surface area contributed by atoms with Crippen molar-refractivity contribution in [3.63, 3.8) is 0 Å². The van der Waals surface area contributed by atoms with Crippen LogP contribution in [0, 0.1) is 0 Å². The molecule has 0 saturated carbocycles. The van der Waals surface area contributed by atoms with E-state index in [1.165, 1.54) is 11.8 Å². The lowest BCUT2D eigenvalue weighted by atomic mass is 10.1. The van der Waals surface area contributed by atoms with Crippen molar-refractivity contribution in [1.82, 2.24) is 0 Å². The van der Waals surface area contributed by atoms with Crippen molar-refractivity contribution in [3.05, 3.63) is 23.8 Å². The Morgan fingerprint density at radius 2 is 2.29 bits per heavy atom. The first-order valence-electron chi connectivity index (χ1n) is 5.44. The van der Waals surface area contributed by atoms with Crippen LogP contribution >= 0.6 is 11.8 Å². The number of fused-ring (bicyclic) bond motifs is 1. The topological polar surface area (TPSA) is 57.6 Å². The third kappa shape index (κ3) is 2.29. The van der Waals surface area contributed by atoms with Gasteiger partial charge in [0.2, 0.25) is 5.91 Å². The summed E-state index contributed by atoms with van der Waals surface area (Å²) in [5.41, 5.74) is 0.952. The molecule has 90 valence electrons. The van der Waals surface area contributed by atoms with Gasteiger partial charge in [0.15, 0.2) is 0 Å². The molecular weight excluding hydrogens is 238 g/mol. The molecule has 0 fully saturated rings. The van der Waals surface area contributed by atoms with Gasteiger partial charge in [0.05, 0.1) is 17.0 Å². The Morgan fingerprint density at radius 1 is 1.53 bits per heavy atom. The summed E-state index contributed by atoms with van der Waals surface area (Å²) in [5.74, 6) is -0.487. The fourth-order valence-electron chi connectivity index (χ4n) is 1.80. The Balaban J connectivity index is 2.44. The summed E-state index contributed by atoms with van der Waals surface area (Å²) in [6, 6.07) is 4.93. The second kappa shape index (κ2) is 4.79. The fourth-order valence-corrected chi connectivity index (χ4v) is 2.72. The zero-order chi connectivity index (χ0) is 12.4. The molecule has 17 heavy (non-hydrogen) atoms. The van der Waals surface area contributed by atoms with Gasteiger partial charge in [-0.3, -0.25) is 4.79 Å². The van der Waals surface area contributed by atoms with E-state index in [0.717, 1.165) is 17.0 Å². The number of amides is 1. The maximum Gasteiger partial charge on any atom is 0.335 e. The summed E-state index contributed by atoms with van der Waals surface area (Å²) in [6.45, 7) is 2.63. The number of thioether (sulfide) groups is 1. The predicted molar refractivity (Wildman–Crippen MR) is 66.8 cm³/mol. The first-order chi connectivity index (χ1) is 8.13. The highest BCUT2D eigenvalue weighted by Crippen LogP contribution is 2.36. The van der Waals surface area contributed by atoms with E-state index >= 15 is 0 Å². The Hall–Kier alpha value is -1.49. The summed E-state index contributed by atoms with van der Waals surface area (Å²) in [4.78, 5) is 25.4. The minimum absolute atomic E-state index is 0.0480. The van der Waals surface area contributed by atoms with Gasteiger partial charge in [-0.25, -0.2) is 4.79 Å². The smallest absolute Gasteiger partial charge is 0.335 e. The van der Waals surface area contributed by atoms with Crippen LogP contribution in [0.1, 0.15) is 23.7 Å². The third-order valence-electron chi connectivity index (χ3n) is 2.60. The lowest BCUT2D eigenvalue weighted by Gasteiger charge is -2.28. The van der Waals surface area contributed by atoms with E-state index in [9.17, 15) is 9.59 Å². The summed E-state index contributed by atoms with van der Waals surface area (Å²) in [7, 11) is 0. The summed E-state index contributed by atoms with van der Waals surface area (Å²) < 4.78 is 0. The van der Waals surface area contributed by atoms with Crippen LogP contribution in [0.2, 0.25) is 0 Å². The maximum atomic E-state index is 11.8. The van der Waals surface area contributed by atoms with Crippen LogP contribution < -0.4 is 4.90 Å². The molecule has 2 rings (SSSR count). The number of carbonyl (C=O) groups is 2. The molecule has 1 aromatic rings. The number of carboxylic acid groups (broad SMARTS) is 1. The van der Waals surface area contributed by atoms with Crippen LogP contribution in [0.25, 0.3) is 0 Å². The van der Waals surface area contributed by atoms with Gasteiger partial charge in [-0.15, -0.1) is 11.8 Å². The number of nitrogens with zero attached hydrogens (tertiary/aromatic N) is 1. The number of aromatic carboxylic acids is 1. The van der Waals surface area contributed by atoms with E-state index in [2.05, 4.69) is 0 Å². The SMILES string of the molecule is CCCN1C(=O)CSc2ccc(C(=O)O)cc21. The van der Waals surface area contributed by atoms with Gasteiger partial charge in [0, 0.05) is 11.4 Å². The first-order valence-corrected chi connectivity index (χ1v) is 6.42. The molecule has 1 heterocycles. The zero-order valence-corrected chi connectivity index (χ0v) is 10.3. The second-order valence-corrected chi connectivity index (χ2v) is 4.84. The molecule has 1 N–H and O–H groups in total. The van der Waals surface area contributed by atoms with Gasteiger partial charge in [-0.05, 0) is 24.6 Å². The number of hydrogen-bond donors (Lipinski definition) is 1. The molecule has 0 unspecified atom stereocenters. The van der Waals surface area contributed by atoms with E-state index in [1.807, 2.05) is 6.92 Å². The Kier molecular flexibility index (Phi) is 3.38. The van der Waals surface area contributed by atoms with Crippen molar-refractivity contribution < 1.29 is 14.7 Å². The molecule has 1 aliphatic heterocycles. The molecule has 0 spiro atoms. The van der Waals surface area contributed by atoms with Crippen LogP contribution in [0.15, 0.2) is 23.1 Å². The Labute approximate surface area is 104 Å². The van der Waals surface area contributed by atoms with Gasteiger partial charge in [-0.2, -0.15) is 0 Å². The van der Waals surface area contributed by atoms with Crippen molar-refractivity contribution >= 4 is 29.3 Å². The summed E-state index contributed by atoms with van der Waals surface area (Å²) in [6.07, 6.45) is 0.854. The van der Waals surface area contributed by atoms with Gasteiger partial charge in [0.25, 0.3) is 0 Å². The van der Waals surface area contributed by atoms with Gasteiger partial charge >= 0.3 is 5.97 Å². The van der Waals surface area contributed by atoms with Gasteiger partial charge in [0.1, 0.15) is 0 Å². The molecular formula is C12H13NO3S. The van der Waals surface area contributed by atoms with E-state index in [-0.39, 0.29) is 11.5 Å². The molecule has 5 heteroatoms. The average Bonchev–Trinajstić information content (AvgIpc) is 2.32. The van der Waals surface area contributed by atoms with Crippen molar-refractivity contribution in [3.8, 4) is 0 Å². The quantitative estimate of drug-likeness (QED) is 0.895. The van der Waals surface area contributed by atoms with Crippen molar-refractivity contribution in [2.75, 3.05) is 17.2 Å². The second-order valence-electron chi connectivity index (χ2n) is 3.82. The number of carboxylic acids is 1. The lowest BCUT2D eigenvalue weighted by Crippen LogP contribution is -2.36. The average molecular weight is 251 g/mol. The largest absolute Gasteiger partial charge is 0.478 e. The fraction of sp³-hybridized carbons (Fsp3) is 0.333. The van der Waals surface area contributed by atoms with E-state index in [1.54, 1.807) is 23.1 Å². The molecule has 0 saturated heterocycles. The van der Waals surface area contributed by atoms with Crippen molar-refractivity contribution in [1.29, 1.82) is 0 Å². The predicted octanol–water partition coefficient (Wildman–Crippen LogP) is 2.23.